The Hall–Kier alpha value is -2.40. The van der Waals surface area contributed by atoms with Crippen molar-refractivity contribution in [2.75, 3.05) is 11.9 Å². The van der Waals surface area contributed by atoms with Crippen LogP contribution in [-0.2, 0) is 0 Å². The quantitative estimate of drug-likeness (QED) is 0.837. The van der Waals surface area contributed by atoms with Gasteiger partial charge in [-0.25, -0.2) is 0 Å². The predicted molar refractivity (Wildman–Crippen MR) is 95.4 cm³/mol. The standard InChI is InChI=1S/C18H20ClN3O2/c1-12(2)7-9-21-18(24)16-11-13(8-10-20-16)17(23)22-15-6-4-3-5-14(15)19/h3-6,8,10-12H,7,9H2,1-2H3,(H,21,24)(H,22,23). The lowest BCUT2D eigenvalue weighted by molar-refractivity contribution is 0.0947. The molecule has 0 radical (unpaired) electrons. The first-order valence-electron chi connectivity index (χ1n) is 7.77. The van der Waals surface area contributed by atoms with Crippen LogP contribution in [0, 0.1) is 5.92 Å². The van der Waals surface area contributed by atoms with Gasteiger partial charge < -0.3 is 10.6 Å². The fourth-order valence-electron chi connectivity index (χ4n) is 2.02. The Kier molecular flexibility index (Phi) is 6.32. The average Bonchev–Trinajstić information content (AvgIpc) is 2.56. The monoisotopic (exact) mass is 345 g/mol. The van der Waals surface area contributed by atoms with E-state index in [1.165, 1.54) is 12.3 Å². The number of amides is 2. The lowest BCUT2D eigenvalue weighted by Gasteiger charge is -2.09. The maximum Gasteiger partial charge on any atom is 0.269 e. The molecule has 1 aromatic carbocycles. The van der Waals surface area contributed by atoms with Crippen molar-refractivity contribution in [1.29, 1.82) is 0 Å². The first kappa shape index (κ1) is 17.9. The molecule has 2 N–H and O–H groups in total. The number of rotatable bonds is 6. The Morgan fingerprint density at radius 1 is 1.17 bits per heavy atom. The Morgan fingerprint density at radius 2 is 1.92 bits per heavy atom. The maximum absolute atomic E-state index is 12.3. The van der Waals surface area contributed by atoms with Gasteiger partial charge in [0.05, 0.1) is 10.7 Å². The van der Waals surface area contributed by atoms with E-state index in [0.717, 1.165) is 6.42 Å². The topological polar surface area (TPSA) is 71.1 Å². The fraction of sp³-hybridized carbons (Fsp3) is 0.278. The molecule has 0 unspecified atom stereocenters. The smallest absolute Gasteiger partial charge is 0.269 e. The largest absolute Gasteiger partial charge is 0.351 e. The number of benzene rings is 1. The molecular weight excluding hydrogens is 326 g/mol. The third-order valence-corrected chi connectivity index (χ3v) is 3.71. The van der Waals surface area contributed by atoms with Crippen molar-refractivity contribution in [2.24, 2.45) is 5.92 Å². The van der Waals surface area contributed by atoms with E-state index in [-0.39, 0.29) is 17.5 Å². The minimum Gasteiger partial charge on any atom is -0.351 e. The van der Waals surface area contributed by atoms with Gasteiger partial charge in [0.2, 0.25) is 0 Å². The molecule has 2 rings (SSSR count). The molecule has 0 bridgehead atoms. The van der Waals surface area contributed by atoms with Crippen LogP contribution < -0.4 is 10.6 Å². The fourth-order valence-corrected chi connectivity index (χ4v) is 2.20. The van der Waals surface area contributed by atoms with Gasteiger partial charge in [0.1, 0.15) is 5.69 Å². The third-order valence-electron chi connectivity index (χ3n) is 3.38. The molecular formula is C18H20ClN3O2. The van der Waals surface area contributed by atoms with Gasteiger partial charge in [-0.05, 0) is 36.6 Å². The number of hydrogen-bond acceptors (Lipinski definition) is 3. The summed E-state index contributed by atoms with van der Waals surface area (Å²) >= 11 is 6.03. The number of para-hydroxylation sites is 1. The minimum absolute atomic E-state index is 0.213. The summed E-state index contributed by atoms with van der Waals surface area (Å²) in [5.74, 6) is -0.129. The van der Waals surface area contributed by atoms with Crippen molar-refractivity contribution in [2.45, 2.75) is 20.3 Å². The van der Waals surface area contributed by atoms with Gasteiger partial charge in [0, 0.05) is 18.3 Å². The van der Waals surface area contributed by atoms with Crippen LogP contribution in [0.25, 0.3) is 0 Å². The molecule has 24 heavy (non-hydrogen) atoms. The molecule has 0 aliphatic carbocycles. The molecule has 1 aromatic heterocycles. The van der Waals surface area contributed by atoms with Crippen LogP contribution in [0.15, 0.2) is 42.6 Å². The summed E-state index contributed by atoms with van der Waals surface area (Å²) in [6.07, 6.45) is 2.33. The molecule has 2 aromatic rings. The van der Waals surface area contributed by atoms with Gasteiger partial charge in [-0.15, -0.1) is 0 Å². The highest BCUT2D eigenvalue weighted by Gasteiger charge is 2.13. The van der Waals surface area contributed by atoms with Crippen molar-refractivity contribution in [1.82, 2.24) is 10.3 Å². The molecule has 1 heterocycles. The van der Waals surface area contributed by atoms with Crippen LogP contribution >= 0.6 is 11.6 Å². The van der Waals surface area contributed by atoms with E-state index in [0.29, 0.717) is 28.7 Å². The van der Waals surface area contributed by atoms with Crippen LogP contribution in [0.1, 0.15) is 41.1 Å². The van der Waals surface area contributed by atoms with E-state index in [4.69, 9.17) is 11.6 Å². The summed E-state index contributed by atoms with van der Waals surface area (Å²) in [6, 6.07) is 9.98. The van der Waals surface area contributed by atoms with Crippen molar-refractivity contribution in [3.8, 4) is 0 Å². The van der Waals surface area contributed by atoms with Crippen molar-refractivity contribution >= 4 is 29.1 Å². The Balaban J connectivity index is 2.05. The van der Waals surface area contributed by atoms with E-state index in [2.05, 4.69) is 29.5 Å². The number of pyridine rings is 1. The molecule has 0 spiro atoms. The number of halogens is 1. The highest BCUT2D eigenvalue weighted by atomic mass is 35.5. The second kappa shape index (κ2) is 8.45. The molecule has 0 saturated heterocycles. The van der Waals surface area contributed by atoms with Crippen molar-refractivity contribution < 1.29 is 9.59 Å². The van der Waals surface area contributed by atoms with E-state index < -0.39 is 0 Å². The molecule has 126 valence electrons. The summed E-state index contributed by atoms with van der Waals surface area (Å²) in [5.41, 5.74) is 1.08. The molecule has 6 heteroatoms. The highest BCUT2D eigenvalue weighted by molar-refractivity contribution is 6.33. The number of aromatic nitrogens is 1. The van der Waals surface area contributed by atoms with E-state index in [1.54, 1.807) is 30.3 Å². The summed E-state index contributed by atoms with van der Waals surface area (Å²) in [4.78, 5) is 28.4. The maximum atomic E-state index is 12.3. The third kappa shape index (κ3) is 5.06. The van der Waals surface area contributed by atoms with E-state index in [9.17, 15) is 9.59 Å². The zero-order valence-electron chi connectivity index (χ0n) is 13.7. The SMILES string of the molecule is CC(C)CCNC(=O)c1cc(C(=O)Nc2ccccc2Cl)ccn1. The Morgan fingerprint density at radius 3 is 2.62 bits per heavy atom. The summed E-state index contributed by atoms with van der Waals surface area (Å²) in [6.45, 7) is 4.75. The van der Waals surface area contributed by atoms with Crippen LogP contribution in [0.4, 0.5) is 5.69 Å². The molecule has 0 aliphatic rings. The van der Waals surface area contributed by atoms with Gasteiger partial charge in [-0.2, -0.15) is 0 Å². The molecule has 0 aliphatic heterocycles. The average molecular weight is 346 g/mol. The normalized spacial score (nSPS) is 10.5. The zero-order valence-corrected chi connectivity index (χ0v) is 14.4. The number of anilines is 1. The summed E-state index contributed by atoms with van der Waals surface area (Å²) in [5, 5.41) is 5.97. The van der Waals surface area contributed by atoms with Crippen LogP contribution in [0.3, 0.4) is 0 Å². The molecule has 5 nitrogen and oxygen atoms in total. The zero-order chi connectivity index (χ0) is 17.5. The minimum atomic E-state index is -0.346. The van der Waals surface area contributed by atoms with Gasteiger partial charge in [-0.1, -0.05) is 37.6 Å². The first-order chi connectivity index (χ1) is 11.5. The number of carbonyl (C=O) groups is 2. The van der Waals surface area contributed by atoms with Crippen LogP contribution in [0.2, 0.25) is 5.02 Å². The number of nitrogens with one attached hydrogen (secondary N) is 2. The molecule has 0 saturated carbocycles. The van der Waals surface area contributed by atoms with Crippen LogP contribution in [-0.4, -0.2) is 23.3 Å². The van der Waals surface area contributed by atoms with Crippen LogP contribution in [0.5, 0.6) is 0 Å². The van der Waals surface area contributed by atoms with Crippen molar-refractivity contribution in [3.63, 3.8) is 0 Å². The van der Waals surface area contributed by atoms with Gasteiger partial charge >= 0.3 is 0 Å². The highest BCUT2D eigenvalue weighted by Crippen LogP contribution is 2.21. The summed E-state index contributed by atoms with van der Waals surface area (Å²) < 4.78 is 0. The summed E-state index contributed by atoms with van der Waals surface area (Å²) in [7, 11) is 0. The molecule has 0 atom stereocenters. The first-order valence-corrected chi connectivity index (χ1v) is 8.15. The van der Waals surface area contributed by atoms with Gasteiger partial charge in [0.15, 0.2) is 0 Å². The number of hydrogen-bond donors (Lipinski definition) is 2. The Bertz CT molecular complexity index is 732. The second-order valence-electron chi connectivity index (χ2n) is 5.80. The van der Waals surface area contributed by atoms with Gasteiger partial charge in [-0.3, -0.25) is 14.6 Å². The number of nitrogens with zero attached hydrogens (tertiary/aromatic N) is 1. The van der Waals surface area contributed by atoms with E-state index in [1.807, 2.05) is 0 Å². The number of carbonyl (C=O) groups excluding carboxylic acids is 2. The lowest BCUT2D eigenvalue weighted by atomic mass is 10.1. The Labute approximate surface area is 146 Å². The molecule has 0 fully saturated rings. The van der Waals surface area contributed by atoms with Gasteiger partial charge in [0.25, 0.3) is 11.8 Å². The predicted octanol–water partition coefficient (Wildman–Crippen LogP) is 3.76. The second-order valence-corrected chi connectivity index (χ2v) is 6.21. The lowest BCUT2D eigenvalue weighted by Crippen LogP contribution is -2.26. The molecule has 2 amide bonds. The van der Waals surface area contributed by atoms with Crippen molar-refractivity contribution in [3.05, 3.63) is 58.9 Å². The van der Waals surface area contributed by atoms with E-state index >= 15 is 0 Å².